The zero-order chi connectivity index (χ0) is 12.3. The number of phenolic OH excluding ortho intramolecular Hbond substituents is 1. The van der Waals surface area contributed by atoms with Gasteiger partial charge in [0.25, 0.3) is 0 Å². The monoisotopic (exact) mass is 227 g/mol. The number of rotatable bonds is 3. The van der Waals surface area contributed by atoms with Gasteiger partial charge in [0.05, 0.1) is 0 Å². The second kappa shape index (κ2) is 4.91. The van der Waals surface area contributed by atoms with Crippen molar-refractivity contribution in [3.8, 4) is 5.75 Å². The lowest BCUT2D eigenvalue weighted by atomic mass is 9.93. The highest BCUT2D eigenvalue weighted by Crippen LogP contribution is 2.22. The smallest absolute Gasteiger partial charge is 0.115 e. The predicted molar refractivity (Wildman–Crippen MR) is 71.1 cm³/mol. The van der Waals surface area contributed by atoms with Gasteiger partial charge in [-0.05, 0) is 47.7 Å². The van der Waals surface area contributed by atoms with Gasteiger partial charge in [-0.15, -0.1) is 0 Å². The van der Waals surface area contributed by atoms with Crippen LogP contribution in [0.1, 0.15) is 24.0 Å². The summed E-state index contributed by atoms with van der Waals surface area (Å²) in [7, 11) is 0. The quantitative estimate of drug-likeness (QED) is 0.790. The van der Waals surface area contributed by atoms with Crippen molar-refractivity contribution in [2.75, 3.05) is 5.73 Å². The van der Waals surface area contributed by atoms with Crippen LogP contribution in [0.2, 0.25) is 0 Å². The number of anilines is 1. The van der Waals surface area contributed by atoms with Crippen LogP contribution in [-0.4, -0.2) is 5.11 Å². The molecule has 0 aliphatic carbocycles. The minimum absolute atomic E-state index is 0.311. The molecule has 0 aromatic heterocycles. The molecule has 0 heterocycles. The number of nitrogens with two attached hydrogens (primary N) is 1. The van der Waals surface area contributed by atoms with Crippen LogP contribution in [0.5, 0.6) is 5.75 Å². The maximum Gasteiger partial charge on any atom is 0.115 e. The molecule has 17 heavy (non-hydrogen) atoms. The zero-order valence-electron chi connectivity index (χ0n) is 9.93. The number of hydrogen-bond donors (Lipinski definition) is 2. The average Bonchev–Trinajstić information content (AvgIpc) is 2.32. The molecule has 2 aromatic rings. The Morgan fingerprint density at radius 3 is 2.47 bits per heavy atom. The molecule has 0 radical (unpaired) electrons. The number of nitrogen functional groups attached to an aromatic ring is 1. The highest BCUT2D eigenvalue weighted by molar-refractivity contribution is 5.42. The van der Waals surface area contributed by atoms with Crippen LogP contribution in [0.4, 0.5) is 5.69 Å². The Kier molecular flexibility index (Phi) is 3.33. The third-order valence-electron chi connectivity index (χ3n) is 2.96. The Morgan fingerprint density at radius 1 is 1.12 bits per heavy atom. The van der Waals surface area contributed by atoms with Gasteiger partial charge in [-0.25, -0.2) is 0 Å². The molecule has 2 nitrogen and oxygen atoms in total. The van der Waals surface area contributed by atoms with Crippen LogP contribution in [-0.2, 0) is 6.42 Å². The van der Waals surface area contributed by atoms with E-state index >= 15 is 0 Å². The molecule has 0 saturated carbocycles. The molecule has 3 N–H and O–H groups in total. The minimum Gasteiger partial charge on any atom is -0.508 e. The first kappa shape index (κ1) is 11.5. The normalized spacial score (nSPS) is 12.3. The van der Waals surface area contributed by atoms with Gasteiger partial charge in [0.2, 0.25) is 0 Å². The van der Waals surface area contributed by atoms with Crippen molar-refractivity contribution in [2.45, 2.75) is 19.3 Å². The average molecular weight is 227 g/mol. The lowest BCUT2D eigenvalue weighted by Crippen LogP contribution is -1.99. The van der Waals surface area contributed by atoms with Crippen molar-refractivity contribution in [3.05, 3.63) is 59.7 Å². The Hall–Kier alpha value is -1.96. The van der Waals surface area contributed by atoms with Crippen LogP contribution in [0, 0.1) is 0 Å². The molecule has 88 valence electrons. The zero-order valence-corrected chi connectivity index (χ0v) is 9.93. The minimum atomic E-state index is 0.311. The number of aromatic hydroxyl groups is 1. The van der Waals surface area contributed by atoms with Crippen LogP contribution in [0.25, 0.3) is 0 Å². The van der Waals surface area contributed by atoms with Crippen LogP contribution in [0.15, 0.2) is 48.5 Å². The summed E-state index contributed by atoms with van der Waals surface area (Å²) >= 11 is 0. The van der Waals surface area contributed by atoms with E-state index in [9.17, 15) is 5.11 Å². The number of phenols is 1. The van der Waals surface area contributed by atoms with Crippen molar-refractivity contribution in [2.24, 2.45) is 0 Å². The standard InChI is InChI=1S/C15H17NO/c1-11(13-3-2-4-14(16)10-13)9-12-5-7-15(17)8-6-12/h2-8,10-11,17H,9,16H2,1H3/t11-/m1/s1. The molecule has 0 spiro atoms. The van der Waals surface area contributed by atoms with Gasteiger partial charge < -0.3 is 10.8 Å². The maximum absolute atomic E-state index is 9.23. The van der Waals surface area contributed by atoms with Crippen molar-refractivity contribution in [1.29, 1.82) is 0 Å². The van der Waals surface area contributed by atoms with Gasteiger partial charge in [0, 0.05) is 5.69 Å². The first-order valence-corrected chi connectivity index (χ1v) is 5.78. The SMILES string of the molecule is C[C@H](Cc1ccc(O)cc1)c1cccc(N)c1. The highest BCUT2D eigenvalue weighted by atomic mass is 16.3. The second-order valence-corrected chi connectivity index (χ2v) is 4.44. The second-order valence-electron chi connectivity index (χ2n) is 4.44. The van der Waals surface area contributed by atoms with E-state index in [1.54, 1.807) is 12.1 Å². The number of benzene rings is 2. The van der Waals surface area contributed by atoms with E-state index in [2.05, 4.69) is 13.0 Å². The van der Waals surface area contributed by atoms with Gasteiger partial charge >= 0.3 is 0 Å². The molecule has 0 bridgehead atoms. The van der Waals surface area contributed by atoms with Gasteiger partial charge in [0.1, 0.15) is 5.75 Å². The Balaban J connectivity index is 2.11. The molecule has 2 rings (SSSR count). The van der Waals surface area contributed by atoms with Gasteiger partial charge in [0.15, 0.2) is 0 Å². The fraction of sp³-hybridized carbons (Fsp3) is 0.200. The summed E-state index contributed by atoms with van der Waals surface area (Å²) in [6.45, 7) is 2.18. The van der Waals surface area contributed by atoms with E-state index in [-0.39, 0.29) is 0 Å². The van der Waals surface area contributed by atoms with Crippen molar-refractivity contribution < 1.29 is 5.11 Å². The van der Waals surface area contributed by atoms with Crippen LogP contribution >= 0.6 is 0 Å². The highest BCUT2D eigenvalue weighted by Gasteiger charge is 2.06. The fourth-order valence-corrected chi connectivity index (χ4v) is 1.97. The lowest BCUT2D eigenvalue weighted by Gasteiger charge is -2.12. The summed E-state index contributed by atoms with van der Waals surface area (Å²) in [5, 5.41) is 9.23. The molecular formula is C15H17NO. The van der Waals surface area contributed by atoms with Crippen LogP contribution < -0.4 is 5.73 Å². The van der Waals surface area contributed by atoms with E-state index in [1.807, 2.05) is 30.3 Å². The van der Waals surface area contributed by atoms with Gasteiger partial charge in [-0.2, -0.15) is 0 Å². The molecule has 2 aromatic carbocycles. The fourth-order valence-electron chi connectivity index (χ4n) is 1.97. The summed E-state index contributed by atoms with van der Waals surface area (Å²) in [6.07, 6.45) is 0.948. The molecule has 0 fully saturated rings. The molecule has 0 aliphatic rings. The maximum atomic E-state index is 9.23. The van der Waals surface area contributed by atoms with Gasteiger partial charge in [-0.1, -0.05) is 31.2 Å². The van der Waals surface area contributed by atoms with Crippen molar-refractivity contribution in [3.63, 3.8) is 0 Å². The lowest BCUT2D eigenvalue weighted by molar-refractivity contribution is 0.475. The summed E-state index contributed by atoms with van der Waals surface area (Å²) < 4.78 is 0. The van der Waals surface area contributed by atoms with E-state index in [0.29, 0.717) is 11.7 Å². The molecule has 1 atom stereocenters. The van der Waals surface area contributed by atoms with E-state index < -0.39 is 0 Å². The molecule has 2 heteroatoms. The summed E-state index contributed by atoms with van der Waals surface area (Å²) in [5.41, 5.74) is 9.05. The molecular weight excluding hydrogens is 210 g/mol. The predicted octanol–water partition coefficient (Wildman–Crippen LogP) is 3.32. The Bertz CT molecular complexity index is 491. The number of hydrogen-bond acceptors (Lipinski definition) is 2. The third kappa shape index (κ3) is 3.00. The van der Waals surface area contributed by atoms with E-state index in [1.165, 1.54) is 11.1 Å². The molecule has 0 amide bonds. The molecule has 0 aliphatic heterocycles. The Morgan fingerprint density at radius 2 is 1.82 bits per heavy atom. The van der Waals surface area contributed by atoms with Crippen LogP contribution in [0.3, 0.4) is 0 Å². The Labute approximate surface area is 102 Å². The summed E-state index contributed by atoms with van der Waals surface area (Å²) in [6, 6.07) is 15.4. The first-order valence-electron chi connectivity index (χ1n) is 5.78. The topological polar surface area (TPSA) is 46.2 Å². The molecule has 0 saturated heterocycles. The summed E-state index contributed by atoms with van der Waals surface area (Å²) in [4.78, 5) is 0. The summed E-state index contributed by atoms with van der Waals surface area (Å²) in [5.74, 6) is 0.730. The van der Waals surface area contributed by atoms with E-state index in [4.69, 9.17) is 5.73 Å². The van der Waals surface area contributed by atoms with Crippen molar-refractivity contribution >= 4 is 5.69 Å². The van der Waals surface area contributed by atoms with Crippen molar-refractivity contribution in [1.82, 2.24) is 0 Å². The third-order valence-corrected chi connectivity index (χ3v) is 2.96. The van der Waals surface area contributed by atoms with Gasteiger partial charge in [-0.3, -0.25) is 0 Å². The van der Waals surface area contributed by atoms with E-state index in [0.717, 1.165) is 12.1 Å². The largest absolute Gasteiger partial charge is 0.508 e. The first-order chi connectivity index (χ1) is 8.15. The molecule has 0 unspecified atom stereocenters.